The van der Waals surface area contributed by atoms with Crippen molar-refractivity contribution >= 4 is 46.2 Å². The van der Waals surface area contributed by atoms with Crippen molar-refractivity contribution in [2.75, 3.05) is 0 Å². The molecule has 0 saturated heterocycles. The molecule has 0 amide bonds. The molecular weight excluding hydrogens is 927 g/mol. The monoisotopic (exact) mass is 980 g/mol. The van der Waals surface area contributed by atoms with Crippen LogP contribution in [0.15, 0.2) is 150 Å². The molecule has 0 aliphatic rings. The van der Waals surface area contributed by atoms with E-state index in [1.54, 1.807) is 0 Å². The van der Waals surface area contributed by atoms with Gasteiger partial charge in [0.05, 0.1) is 30.5 Å². The van der Waals surface area contributed by atoms with E-state index in [-0.39, 0.29) is 30.9 Å². The average Bonchev–Trinajstić information content (AvgIpc) is 3.79. The van der Waals surface area contributed by atoms with E-state index in [4.69, 9.17) is 14.4 Å². The van der Waals surface area contributed by atoms with Crippen LogP contribution in [0.5, 0.6) is 0 Å². The second kappa shape index (κ2) is 16.9. The van der Waals surface area contributed by atoms with Crippen molar-refractivity contribution in [3.05, 3.63) is 169 Å². The summed E-state index contributed by atoms with van der Waals surface area (Å²) in [6.07, 6.45) is 3.22. The van der Waals surface area contributed by atoms with E-state index in [2.05, 4.69) is 181 Å². The first-order chi connectivity index (χ1) is 28.1. The van der Waals surface area contributed by atoms with Crippen molar-refractivity contribution in [2.45, 2.75) is 73.0 Å². The number of hydrogen-bond acceptors (Lipinski definition) is 3. The van der Waals surface area contributed by atoms with Gasteiger partial charge < -0.3 is 14.0 Å². The summed E-state index contributed by atoms with van der Waals surface area (Å²) in [5.41, 5.74) is 13.2. The molecule has 3 aromatic heterocycles. The molecule has 6 aromatic carbocycles. The molecule has 0 N–H and O–H groups in total. The van der Waals surface area contributed by atoms with Crippen LogP contribution in [0.25, 0.3) is 72.4 Å². The van der Waals surface area contributed by atoms with E-state index in [1.807, 2.05) is 42.5 Å². The zero-order chi connectivity index (χ0) is 41.5. The summed E-state index contributed by atoms with van der Waals surface area (Å²) in [5, 5.41) is 3.65. The van der Waals surface area contributed by atoms with Gasteiger partial charge in [0.2, 0.25) is 0 Å². The summed E-state index contributed by atoms with van der Waals surface area (Å²) in [6.45, 7) is 20.9. The van der Waals surface area contributed by atoms with Gasteiger partial charge in [-0.15, -0.1) is 53.6 Å². The number of benzene rings is 6. The van der Waals surface area contributed by atoms with Gasteiger partial charge in [-0.25, -0.2) is 0 Å². The fraction of sp³-hybridized carbons (Fsp3) is 0.222. The van der Waals surface area contributed by atoms with Crippen molar-refractivity contribution in [1.29, 1.82) is 0 Å². The molecule has 0 unspecified atom stereocenters. The molecule has 0 saturated carbocycles. The van der Waals surface area contributed by atoms with E-state index in [0.29, 0.717) is 0 Å². The molecule has 0 aliphatic heterocycles. The minimum Gasteiger partial charge on any atom is -0.501 e. The molecule has 9 aromatic rings. The van der Waals surface area contributed by atoms with Crippen molar-refractivity contribution in [3.8, 4) is 39.5 Å². The summed E-state index contributed by atoms with van der Waals surface area (Å²) in [7, 11) is -1.42. The number of para-hydroxylation sites is 3. The minimum atomic E-state index is -1.42. The van der Waals surface area contributed by atoms with E-state index < -0.39 is 8.07 Å². The Kier molecular flexibility index (Phi) is 12.1. The van der Waals surface area contributed by atoms with Crippen LogP contribution in [0.3, 0.4) is 0 Å². The van der Waals surface area contributed by atoms with Gasteiger partial charge in [0.1, 0.15) is 5.58 Å². The van der Waals surface area contributed by atoms with Crippen LogP contribution >= 0.6 is 0 Å². The van der Waals surface area contributed by atoms with Gasteiger partial charge in [0, 0.05) is 37.4 Å². The van der Waals surface area contributed by atoms with Crippen LogP contribution < -0.4 is 5.19 Å². The summed E-state index contributed by atoms with van der Waals surface area (Å²) in [4.78, 5) is 9.89. The number of pyridine rings is 1. The number of fused-ring (bicyclic) bond motifs is 4. The Balaban J connectivity index is 0.000000188. The summed E-state index contributed by atoms with van der Waals surface area (Å²) < 4.78 is 8.54. The predicted octanol–water partition coefficient (Wildman–Crippen LogP) is 14.0. The molecule has 4 nitrogen and oxygen atoms in total. The number of aromatic nitrogens is 3. The first kappa shape index (κ1) is 42.7. The number of rotatable bonds is 6. The minimum absolute atomic E-state index is 0. The molecule has 9 rings (SSSR count). The van der Waals surface area contributed by atoms with Gasteiger partial charge >= 0.3 is 0 Å². The summed E-state index contributed by atoms with van der Waals surface area (Å²) in [6, 6.07) is 55.0. The molecule has 0 fully saturated rings. The van der Waals surface area contributed by atoms with E-state index in [9.17, 15) is 0 Å². The van der Waals surface area contributed by atoms with Gasteiger partial charge in [0.25, 0.3) is 0 Å². The van der Waals surface area contributed by atoms with Crippen molar-refractivity contribution in [1.82, 2.24) is 14.5 Å². The van der Waals surface area contributed by atoms with Crippen LogP contribution in [-0.4, -0.2) is 22.6 Å². The smallest absolute Gasteiger partial charge is 0.120 e. The molecule has 0 bridgehead atoms. The third-order valence-corrected chi connectivity index (χ3v) is 12.9. The number of hydrogen-bond donors (Lipinski definition) is 0. The Morgan fingerprint density at radius 2 is 1.38 bits per heavy atom. The molecule has 0 atom stereocenters. The van der Waals surface area contributed by atoms with Gasteiger partial charge in [-0.3, -0.25) is 4.98 Å². The fourth-order valence-corrected chi connectivity index (χ4v) is 9.46. The third-order valence-electron chi connectivity index (χ3n) is 10.8. The Hall–Kier alpha value is -5.39. The Labute approximate surface area is 370 Å². The first-order valence-corrected chi connectivity index (χ1v) is 24.1. The van der Waals surface area contributed by atoms with Crippen molar-refractivity contribution < 1.29 is 24.5 Å². The molecule has 6 heteroatoms. The molecule has 1 radical (unpaired) electrons. The Morgan fingerprint density at radius 1 is 0.683 bits per heavy atom. The normalized spacial score (nSPS) is 12.0. The fourth-order valence-electron chi connectivity index (χ4n) is 7.88. The zero-order valence-electron chi connectivity index (χ0n) is 36.1. The standard InChI is InChI=1S/C31H19N2O.C23H34NSi.Ir/c1-2-10-21(11-3-1)22-12-8-13-23(20-22)33-28-18-6-5-17-27(28)32-31(33)26-16-9-15-25-24-14-4-7-19-29(24)34-30(25)26;1-22(2,3)15-18-14-20(24-16-21(18)25(7,8)9)17-11-10-12-19(13-17)23(4,5)6;/h1-15,17-20H;10,12-14,16H,15H2,1-9H3;/q2*-1;. The third kappa shape index (κ3) is 9.02. The van der Waals surface area contributed by atoms with E-state index >= 15 is 0 Å². The maximum Gasteiger partial charge on any atom is 0.120 e. The Morgan fingerprint density at radius 3 is 2.13 bits per heavy atom. The molecular formula is C54H53IrN3OSi-2. The quantitative estimate of drug-likeness (QED) is 0.123. The number of furan rings is 1. The number of nitrogens with zero attached hydrogens (tertiary/aromatic N) is 3. The van der Waals surface area contributed by atoms with Crippen LogP contribution in [0.4, 0.5) is 0 Å². The van der Waals surface area contributed by atoms with Gasteiger partial charge in [-0.2, -0.15) is 0 Å². The van der Waals surface area contributed by atoms with Crippen molar-refractivity contribution in [3.63, 3.8) is 0 Å². The van der Waals surface area contributed by atoms with Gasteiger partial charge in [-0.1, -0.05) is 157 Å². The van der Waals surface area contributed by atoms with Crippen LogP contribution in [0.2, 0.25) is 19.6 Å². The van der Waals surface area contributed by atoms with E-state index in [0.717, 1.165) is 73.3 Å². The summed E-state index contributed by atoms with van der Waals surface area (Å²) in [5.74, 6) is 0.816. The molecule has 0 aliphatic carbocycles. The van der Waals surface area contributed by atoms with Crippen LogP contribution in [0.1, 0.15) is 52.7 Å². The number of imidazole rings is 1. The summed E-state index contributed by atoms with van der Waals surface area (Å²) >= 11 is 0. The second-order valence-corrected chi connectivity index (χ2v) is 23.9. The van der Waals surface area contributed by atoms with Crippen molar-refractivity contribution in [2.24, 2.45) is 5.41 Å². The van der Waals surface area contributed by atoms with Gasteiger partial charge in [-0.05, 0) is 69.6 Å². The molecule has 305 valence electrons. The van der Waals surface area contributed by atoms with Crippen LogP contribution in [0, 0.1) is 17.5 Å². The molecule has 3 heterocycles. The largest absolute Gasteiger partial charge is 0.501 e. The topological polar surface area (TPSA) is 43.9 Å². The molecule has 60 heavy (non-hydrogen) atoms. The SMILES string of the molecule is CC(C)(C)Cc1cc(-c2[c-]ccc(C(C)(C)C)c2)ncc1[Si](C)(C)C.[Ir].[c-]1ccc2c(oc3ccccc32)c1-c1nc2ccccc2n1-c1cccc(-c2ccccc2)c1. The Bertz CT molecular complexity index is 2920. The molecule has 0 spiro atoms. The maximum atomic E-state index is 6.33. The second-order valence-electron chi connectivity index (χ2n) is 18.8. The zero-order valence-corrected chi connectivity index (χ0v) is 39.5. The van der Waals surface area contributed by atoms with Crippen LogP contribution in [-0.2, 0) is 31.9 Å². The first-order valence-electron chi connectivity index (χ1n) is 20.6. The van der Waals surface area contributed by atoms with Gasteiger partial charge in [0.15, 0.2) is 0 Å². The maximum absolute atomic E-state index is 6.33. The average molecular weight is 980 g/mol. The predicted molar refractivity (Wildman–Crippen MR) is 251 cm³/mol. The van der Waals surface area contributed by atoms with E-state index in [1.165, 1.54) is 21.9 Å².